The third kappa shape index (κ3) is 33.0. The molecule has 0 aromatic rings. The minimum Gasteiger partial charge on any atom is -0.303 e. The number of phosphoric acid groups is 1. The molecule has 0 bridgehead atoms. The Kier molecular flexibility index (Phi) is 34.0. The molecule has 0 saturated carbocycles. The molecule has 0 rings (SSSR count). The molecule has 0 aliphatic heterocycles. The van der Waals surface area contributed by atoms with Crippen LogP contribution in [0, 0.1) is 0 Å². The molecule has 0 aromatic carbocycles. The van der Waals surface area contributed by atoms with Crippen LogP contribution in [0.5, 0.6) is 0 Å². The molecule has 0 fully saturated rings. The fourth-order valence-corrected chi connectivity index (χ4v) is 6.49. The maximum absolute atomic E-state index is 12.0. The molecule has 0 aromatic heterocycles. The summed E-state index contributed by atoms with van der Waals surface area (Å²) in [6, 6.07) is 0. The van der Waals surface area contributed by atoms with Crippen molar-refractivity contribution in [3.05, 3.63) is 0 Å². The van der Waals surface area contributed by atoms with Crippen LogP contribution in [0.15, 0.2) is 0 Å². The first kappa shape index (κ1) is 42.1. The molecule has 1 N–H and O–H groups in total. The predicted molar refractivity (Wildman–Crippen MR) is 184 cm³/mol. The van der Waals surface area contributed by atoms with Gasteiger partial charge in [0, 0.05) is 0 Å². The molecule has 0 radical (unpaired) electrons. The van der Waals surface area contributed by atoms with E-state index in [0.717, 1.165) is 25.7 Å². The van der Waals surface area contributed by atoms with E-state index in [0.29, 0.717) is 13.2 Å². The predicted octanol–water partition coefficient (Wildman–Crippen LogP) is 12.4. The normalized spacial score (nSPS) is 13.3. The van der Waals surface area contributed by atoms with Gasteiger partial charge in [0.25, 0.3) is 0 Å². The van der Waals surface area contributed by atoms with Crippen molar-refractivity contribution in [2.45, 2.75) is 201 Å². The minimum absolute atomic E-state index is 0.314. The average molecular weight is 618 g/mol. The fourth-order valence-electron chi connectivity index (χ4n) is 5.70. The molecule has 5 nitrogen and oxygen atoms in total. The Labute approximate surface area is 264 Å². The molecular formula is C36H76NO4P. The second kappa shape index (κ2) is 34.0. The lowest BCUT2D eigenvalue weighted by Crippen LogP contribution is -2.27. The molecular weight excluding hydrogens is 541 g/mol. The summed E-state index contributed by atoms with van der Waals surface area (Å²) in [4.78, 5) is 12.6. The summed E-state index contributed by atoms with van der Waals surface area (Å²) in [5.74, 6) is 0. The zero-order valence-corrected chi connectivity index (χ0v) is 29.8. The van der Waals surface area contributed by atoms with Crippen LogP contribution in [-0.4, -0.2) is 42.6 Å². The standard InChI is InChI=1S/C36H76NO4P/c1-4-7-10-13-16-18-22-27-32-37(33-28-23-19-17-14-11-8-5-2)34-29-24-20-21-26-31-36-41-42(38,39)40-35-30-25-15-12-9-6-3/h4-36H2,1-3H3,(H,38,39). The van der Waals surface area contributed by atoms with Crippen molar-refractivity contribution in [2.24, 2.45) is 0 Å². The van der Waals surface area contributed by atoms with E-state index in [1.807, 2.05) is 0 Å². The van der Waals surface area contributed by atoms with Crippen LogP contribution >= 0.6 is 7.82 Å². The number of hydrogen-bond acceptors (Lipinski definition) is 4. The molecule has 0 saturated heterocycles. The molecule has 1 atom stereocenters. The van der Waals surface area contributed by atoms with E-state index in [4.69, 9.17) is 9.05 Å². The summed E-state index contributed by atoms with van der Waals surface area (Å²) in [5.41, 5.74) is 0. The lowest BCUT2D eigenvalue weighted by atomic mass is 10.1. The smallest absolute Gasteiger partial charge is 0.303 e. The third-order valence-corrected chi connectivity index (χ3v) is 9.55. The maximum Gasteiger partial charge on any atom is 0.472 e. The first-order chi connectivity index (χ1) is 20.6. The zero-order chi connectivity index (χ0) is 30.8. The monoisotopic (exact) mass is 618 g/mol. The quantitative estimate of drug-likeness (QED) is 0.0560. The van der Waals surface area contributed by atoms with Gasteiger partial charge in [-0.25, -0.2) is 4.57 Å². The van der Waals surface area contributed by atoms with Gasteiger partial charge < -0.3 is 9.79 Å². The SMILES string of the molecule is CCCCCCCCCCN(CCCCCCCCCC)CCCCCCCCOP(=O)(O)OCCCCCCCC. The number of hydrogen-bond donors (Lipinski definition) is 1. The van der Waals surface area contributed by atoms with E-state index in [-0.39, 0.29) is 0 Å². The highest BCUT2D eigenvalue weighted by atomic mass is 31.2. The van der Waals surface area contributed by atoms with Crippen molar-refractivity contribution >= 4 is 7.82 Å². The van der Waals surface area contributed by atoms with Crippen LogP contribution < -0.4 is 0 Å². The van der Waals surface area contributed by atoms with Gasteiger partial charge in [-0.15, -0.1) is 0 Å². The van der Waals surface area contributed by atoms with E-state index in [9.17, 15) is 9.46 Å². The lowest BCUT2D eigenvalue weighted by Gasteiger charge is -2.22. The van der Waals surface area contributed by atoms with Gasteiger partial charge in [-0.05, 0) is 51.7 Å². The van der Waals surface area contributed by atoms with Crippen LogP contribution in [0.2, 0.25) is 0 Å². The molecule has 0 spiro atoms. The van der Waals surface area contributed by atoms with Crippen LogP contribution in [0.3, 0.4) is 0 Å². The van der Waals surface area contributed by atoms with Gasteiger partial charge in [0.1, 0.15) is 0 Å². The molecule has 0 heterocycles. The number of unbranched alkanes of at least 4 members (excludes halogenated alkanes) is 24. The Hall–Kier alpha value is 0.0700. The maximum atomic E-state index is 12.0. The average Bonchev–Trinajstić information content (AvgIpc) is 2.98. The summed E-state index contributed by atoms with van der Waals surface area (Å²) in [7, 11) is -3.88. The zero-order valence-electron chi connectivity index (χ0n) is 28.9. The first-order valence-electron chi connectivity index (χ1n) is 18.9. The second-order valence-electron chi connectivity index (χ2n) is 12.8. The highest BCUT2D eigenvalue weighted by Gasteiger charge is 2.19. The molecule has 42 heavy (non-hydrogen) atoms. The number of nitrogens with zero attached hydrogens (tertiary/aromatic N) is 1. The highest BCUT2D eigenvalue weighted by molar-refractivity contribution is 7.47. The van der Waals surface area contributed by atoms with Crippen LogP contribution in [0.1, 0.15) is 201 Å². The van der Waals surface area contributed by atoms with Gasteiger partial charge in [-0.1, -0.05) is 168 Å². The van der Waals surface area contributed by atoms with Crippen molar-refractivity contribution < 1.29 is 18.5 Å². The fraction of sp³-hybridized carbons (Fsp3) is 1.00. The van der Waals surface area contributed by atoms with E-state index < -0.39 is 7.82 Å². The Bertz CT molecular complexity index is 543. The van der Waals surface area contributed by atoms with E-state index in [1.54, 1.807) is 0 Å². The summed E-state index contributed by atoms with van der Waals surface area (Å²) >= 11 is 0. The lowest BCUT2D eigenvalue weighted by molar-refractivity contribution is 0.145. The van der Waals surface area contributed by atoms with E-state index >= 15 is 0 Å². The molecule has 0 amide bonds. The van der Waals surface area contributed by atoms with Gasteiger partial charge in [0.2, 0.25) is 0 Å². The Morgan fingerprint density at radius 1 is 0.405 bits per heavy atom. The van der Waals surface area contributed by atoms with Crippen molar-refractivity contribution in [1.82, 2.24) is 4.90 Å². The van der Waals surface area contributed by atoms with Gasteiger partial charge >= 0.3 is 7.82 Å². The third-order valence-electron chi connectivity index (χ3n) is 8.53. The first-order valence-corrected chi connectivity index (χ1v) is 20.4. The van der Waals surface area contributed by atoms with E-state index in [2.05, 4.69) is 25.7 Å². The molecule has 6 heteroatoms. The number of phosphoric ester groups is 1. The largest absolute Gasteiger partial charge is 0.472 e. The van der Waals surface area contributed by atoms with Crippen molar-refractivity contribution in [3.8, 4) is 0 Å². The molecule has 0 aliphatic rings. The van der Waals surface area contributed by atoms with Crippen molar-refractivity contribution in [1.29, 1.82) is 0 Å². The van der Waals surface area contributed by atoms with E-state index in [1.165, 1.54) is 174 Å². The van der Waals surface area contributed by atoms with Crippen LogP contribution in [0.25, 0.3) is 0 Å². The Balaban J connectivity index is 3.92. The molecule has 1 unspecified atom stereocenters. The van der Waals surface area contributed by atoms with Crippen LogP contribution in [0.4, 0.5) is 0 Å². The van der Waals surface area contributed by atoms with Gasteiger partial charge in [-0.3, -0.25) is 9.05 Å². The van der Waals surface area contributed by atoms with Gasteiger partial charge in [0.15, 0.2) is 0 Å². The second-order valence-corrected chi connectivity index (χ2v) is 14.3. The Morgan fingerprint density at radius 3 is 0.929 bits per heavy atom. The van der Waals surface area contributed by atoms with Crippen molar-refractivity contribution in [3.63, 3.8) is 0 Å². The van der Waals surface area contributed by atoms with Crippen molar-refractivity contribution in [2.75, 3.05) is 32.8 Å². The topological polar surface area (TPSA) is 59.0 Å². The summed E-state index contributed by atoms with van der Waals surface area (Å²) in [5, 5.41) is 0. The Morgan fingerprint density at radius 2 is 0.643 bits per heavy atom. The van der Waals surface area contributed by atoms with Gasteiger partial charge in [0.05, 0.1) is 13.2 Å². The summed E-state index contributed by atoms with van der Waals surface area (Å²) in [6.07, 6.45) is 36.0. The minimum atomic E-state index is -3.88. The van der Waals surface area contributed by atoms with Crippen LogP contribution in [-0.2, 0) is 13.6 Å². The number of rotatable bonds is 36. The van der Waals surface area contributed by atoms with Gasteiger partial charge in [-0.2, -0.15) is 0 Å². The summed E-state index contributed by atoms with van der Waals surface area (Å²) in [6.45, 7) is 11.2. The highest BCUT2D eigenvalue weighted by Crippen LogP contribution is 2.43. The molecule has 254 valence electrons. The summed E-state index contributed by atoms with van der Waals surface area (Å²) < 4.78 is 22.3. The molecule has 0 aliphatic carbocycles.